The summed E-state index contributed by atoms with van der Waals surface area (Å²) in [5, 5.41) is 3.31. The molecule has 1 N–H and O–H groups in total. The van der Waals surface area contributed by atoms with Crippen molar-refractivity contribution in [3.8, 4) is 0 Å². The van der Waals surface area contributed by atoms with E-state index < -0.39 is 11.7 Å². The van der Waals surface area contributed by atoms with E-state index in [1.165, 1.54) is 17.7 Å². The number of nitrogens with one attached hydrogen (secondary N) is 1. The van der Waals surface area contributed by atoms with E-state index in [0.29, 0.717) is 11.2 Å². The molecule has 19 heavy (non-hydrogen) atoms. The van der Waals surface area contributed by atoms with Crippen LogP contribution in [0, 0.1) is 13.8 Å². The van der Waals surface area contributed by atoms with Gasteiger partial charge in [-0.15, -0.1) is 11.3 Å². The van der Waals surface area contributed by atoms with Crippen LogP contribution in [0.2, 0.25) is 0 Å². The number of aromatic nitrogens is 2. The van der Waals surface area contributed by atoms with E-state index >= 15 is 0 Å². The quantitative estimate of drug-likeness (QED) is 0.912. The summed E-state index contributed by atoms with van der Waals surface area (Å²) in [5.41, 5.74) is -0.850. The second kappa shape index (κ2) is 3.82. The van der Waals surface area contributed by atoms with E-state index in [1.807, 2.05) is 13.8 Å². The Labute approximate surface area is 111 Å². The van der Waals surface area contributed by atoms with Crippen LogP contribution in [0.5, 0.6) is 0 Å². The molecule has 2 heterocycles. The van der Waals surface area contributed by atoms with Crippen LogP contribution in [0.25, 0.3) is 10.2 Å². The second-order valence-electron chi connectivity index (χ2n) is 4.89. The lowest BCUT2D eigenvalue weighted by Crippen LogP contribution is -2.39. The highest BCUT2D eigenvalue weighted by molar-refractivity contribution is 7.18. The minimum absolute atomic E-state index is 0.101. The molecule has 0 saturated heterocycles. The number of alkyl halides is 3. The first-order valence-corrected chi connectivity index (χ1v) is 6.71. The van der Waals surface area contributed by atoms with Crippen LogP contribution in [0.15, 0.2) is 6.33 Å². The van der Waals surface area contributed by atoms with Gasteiger partial charge < -0.3 is 5.32 Å². The van der Waals surface area contributed by atoms with Gasteiger partial charge in [0.1, 0.15) is 22.5 Å². The van der Waals surface area contributed by atoms with Crippen molar-refractivity contribution in [1.82, 2.24) is 9.97 Å². The van der Waals surface area contributed by atoms with E-state index in [4.69, 9.17) is 0 Å². The Morgan fingerprint density at radius 2 is 1.95 bits per heavy atom. The molecule has 1 fully saturated rings. The summed E-state index contributed by atoms with van der Waals surface area (Å²) in [6.45, 7) is 3.82. The van der Waals surface area contributed by atoms with E-state index in [-0.39, 0.29) is 12.8 Å². The Morgan fingerprint density at radius 1 is 1.26 bits per heavy atom. The fourth-order valence-electron chi connectivity index (χ4n) is 2.11. The molecule has 1 aliphatic rings. The van der Waals surface area contributed by atoms with Gasteiger partial charge in [-0.25, -0.2) is 9.97 Å². The third-order valence-electron chi connectivity index (χ3n) is 3.62. The molecule has 0 unspecified atom stereocenters. The molecule has 0 aliphatic heterocycles. The molecule has 0 spiro atoms. The van der Waals surface area contributed by atoms with E-state index in [2.05, 4.69) is 15.3 Å². The maximum Gasteiger partial charge on any atom is 0.411 e. The van der Waals surface area contributed by atoms with Gasteiger partial charge in [-0.05, 0) is 32.3 Å². The van der Waals surface area contributed by atoms with E-state index in [9.17, 15) is 13.2 Å². The highest BCUT2D eigenvalue weighted by atomic mass is 32.1. The number of hydrogen-bond donors (Lipinski definition) is 1. The molecule has 3 nitrogen and oxygen atoms in total. The van der Waals surface area contributed by atoms with Gasteiger partial charge in [0.15, 0.2) is 0 Å². The SMILES string of the molecule is Cc1sc2ncnc(NC3(C(F)(F)F)CC3)c2c1C. The van der Waals surface area contributed by atoms with Crippen molar-refractivity contribution in [1.29, 1.82) is 0 Å². The number of rotatable bonds is 2. The molecule has 0 bridgehead atoms. The predicted molar refractivity (Wildman–Crippen MR) is 68.5 cm³/mol. The lowest BCUT2D eigenvalue weighted by Gasteiger charge is -2.21. The Morgan fingerprint density at radius 3 is 2.53 bits per heavy atom. The summed E-state index contributed by atoms with van der Waals surface area (Å²) in [6, 6.07) is 0. The summed E-state index contributed by atoms with van der Waals surface area (Å²) in [4.78, 5) is 9.91. The van der Waals surface area contributed by atoms with Crippen LogP contribution in [-0.4, -0.2) is 21.7 Å². The Bertz CT molecular complexity index is 643. The third kappa shape index (κ3) is 1.87. The predicted octanol–water partition coefficient (Wildman–Crippen LogP) is 3.81. The maximum atomic E-state index is 13.0. The van der Waals surface area contributed by atoms with Crippen LogP contribution >= 0.6 is 11.3 Å². The summed E-state index contributed by atoms with van der Waals surface area (Å²) < 4.78 is 39.0. The molecule has 7 heteroatoms. The number of thiophene rings is 1. The molecule has 0 amide bonds. The van der Waals surface area contributed by atoms with E-state index in [1.54, 1.807) is 0 Å². The summed E-state index contributed by atoms with van der Waals surface area (Å²) in [7, 11) is 0. The summed E-state index contributed by atoms with van der Waals surface area (Å²) >= 11 is 1.47. The number of fused-ring (bicyclic) bond motifs is 1. The molecule has 102 valence electrons. The number of anilines is 1. The molecule has 0 radical (unpaired) electrons. The summed E-state index contributed by atoms with van der Waals surface area (Å²) in [6.07, 6.45) is -2.73. The van der Waals surface area contributed by atoms with Crippen molar-refractivity contribution in [3.63, 3.8) is 0 Å². The van der Waals surface area contributed by atoms with Crippen molar-refractivity contribution in [2.45, 2.75) is 38.4 Å². The van der Waals surface area contributed by atoms with Gasteiger partial charge in [-0.1, -0.05) is 0 Å². The van der Waals surface area contributed by atoms with Crippen LogP contribution in [0.1, 0.15) is 23.3 Å². The number of aryl methyl sites for hydroxylation is 2. The van der Waals surface area contributed by atoms with Crippen molar-refractivity contribution < 1.29 is 13.2 Å². The average molecular weight is 287 g/mol. The fourth-order valence-corrected chi connectivity index (χ4v) is 3.11. The Kier molecular flexibility index (Phi) is 2.54. The number of hydrogen-bond acceptors (Lipinski definition) is 4. The molecule has 1 aliphatic carbocycles. The van der Waals surface area contributed by atoms with Crippen molar-refractivity contribution in [2.75, 3.05) is 5.32 Å². The summed E-state index contributed by atoms with van der Waals surface area (Å²) in [5.74, 6) is 0.293. The highest BCUT2D eigenvalue weighted by Crippen LogP contribution is 2.51. The lowest BCUT2D eigenvalue weighted by atomic mass is 10.2. The standard InChI is InChI=1S/C12H12F3N3S/c1-6-7(2)19-10-8(6)9(16-5-17-10)18-11(3-4-11)12(13,14)15/h5H,3-4H2,1-2H3,(H,16,17,18). The van der Waals surface area contributed by atoms with Crippen molar-refractivity contribution >= 4 is 27.4 Å². The zero-order valence-corrected chi connectivity index (χ0v) is 11.2. The third-order valence-corrected chi connectivity index (χ3v) is 4.73. The first-order chi connectivity index (χ1) is 8.84. The molecule has 0 atom stereocenters. The lowest BCUT2D eigenvalue weighted by molar-refractivity contribution is -0.151. The first-order valence-electron chi connectivity index (χ1n) is 5.90. The van der Waals surface area contributed by atoms with Gasteiger partial charge in [0.2, 0.25) is 0 Å². The smallest absolute Gasteiger partial charge is 0.356 e. The molecule has 2 aromatic heterocycles. The average Bonchev–Trinajstić information content (AvgIpc) is 3.03. The van der Waals surface area contributed by atoms with Gasteiger partial charge in [-0.2, -0.15) is 13.2 Å². The van der Waals surface area contributed by atoms with Crippen molar-refractivity contribution in [3.05, 3.63) is 16.8 Å². The molecular formula is C12H12F3N3S. The molecule has 1 saturated carbocycles. The maximum absolute atomic E-state index is 13.0. The van der Waals surface area contributed by atoms with Gasteiger partial charge >= 0.3 is 6.18 Å². The topological polar surface area (TPSA) is 37.8 Å². The molecule has 3 rings (SSSR count). The van der Waals surface area contributed by atoms with E-state index in [0.717, 1.165) is 15.3 Å². The fraction of sp³-hybridized carbons (Fsp3) is 0.500. The first kappa shape index (κ1) is 12.7. The van der Waals surface area contributed by atoms with Gasteiger partial charge in [-0.3, -0.25) is 0 Å². The van der Waals surface area contributed by atoms with Crippen LogP contribution in [-0.2, 0) is 0 Å². The monoisotopic (exact) mass is 287 g/mol. The highest BCUT2D eigenvalue weighted by Gasteiger charge is 2.63. The van der Waals surface area contributed by atoms with Crippen molar-refractivity contribution in [2.24, 2.45) is 0 Å². The minimum atomic E-state index is -4.25. The normalized spacial score (nSPS) is 17.7. The molecular weight excluding hydrogens is 275 g/mol. The minimum Gasteiger partial charge on any atom is -0.356 e. The zero-order valence-electron chi connectivity index (χ0n) is 10.4. The number of nitrogens with zero attached hydrogens (tertiary/aromatic N) is 2. The van der Waals surface area contributed by atoms with Gasteiger partial charge in [0, 0.05) is 4.88 Å². The van der Waals surface area contributed by atoms with Gasteiger partial charge in [0.05, 0.1) is 5.39 Å². The second-order valence-corrected chi connectivity index (χ2v) is 6.09. The molecule has 2 aromatic rings. The Balaban J connectivity index is 2.07. The largest absolute Gasteiger partial charge is 0.411 e. The van der Waals surface area contributed by atoms with Crippen LogP contribution in [0.3, 0.4) is 0 Å². The van der Waals surface area contributed by atoms with Crippen LogP contribution < -0.4 is 5.32 Å². The molecule has 0 aromatic carbocycles. The zero-order chi connectivity index (χ0) is 13.8. The number of halogens is 3. The van der Waals surface area contributed by atoms with Gasteiger partial charge in [0.25, 0.3) is 0 Å². The Hall–Kier alpha value is -1.37. The van der Waals surface area contributed by atoms with Crippen LogP contribution in [0.4, 0.5) is 19.0 Å².